The summed E-state index contributed by atoms with van der Waals surface area (Å²) in [5, 5.41) is 6.17. The molecule has 126 valence electrons. The lowest BCUT2D eigenvalue weighted by Gasteiger charge is -2.28. The summed E-state index contributed by atoms with van der Waals surface area (Å²) in [4.78, 5) is 23.1. The second kappa shape index (κ2) is 7.74. The van der Waals surface area contributed by atoms with E-state index in [-0.39, 0.29) is 11.9 Å². The van der Waals surface area contributed by atoms with E-state index in [2.05, 4.69) is 25.5 Å². The first-order valence-corrected chi connectivity index (χ1v) is 7.97. The first-order valence-electron chi connectivity index (χ1n) is 7.97. The Kier molecular flexibility index (Phi) is 5.22. The topological polar surface area (TPSA) is 79.4 Å². The van der Waals surface area contributed by atoms with Crippen molar-refractivity contribution in [3.05, 3.63) is 47.7 Å². The Morgan fingerprint density at radius 1 is 1.25 bits per heavy atom. The Morgan fingerprint density at radius 3 is 2.71 bits per heavy atom. The largest absolute Gasteiger partial charge is 0.467 e. The Hall–Kier alpha value is -2.67. The molecule has 0 bridgehead atoms. The number of benzene rings is 1. The lowest BCUT2D eigenvalue weighted by molar-refractivity contribution is 0.0944. The third-order valence-electron chi connectivity index (χ3n) is 3.84. The number of nitrogens with zero attached hydrogens (tertiary/aromatic N) is 3. The molecule has 0 atom stereocenters. The van der Waals surface area contributed by atoms with Crippen LogP contribution in [0.15, 0.2) is 36.4 Å². The Labute approximate surface area is 141 Å². The van der Waals surface area contributed by atoms with Crippen LogP contribution in [-0.4, -0.2) is 49.2 Å². The third kappa shape index (κ3) is 3.99. The van der Waals surface area contributed by atoms with Gasteiger partial charge in [-0.3, -0.25) is 4.79 Å². The molecule has 1 aromatic heterocycles. The number of rotatable bonds is 5. The number of nitrogens with one attached hydrogen (secondary N) is 2. The van der Waals surface area contributed by atoms with Crippen molar-refractivity contribution in [1.82, 2.24) is 20.6 Å². The number of methoxy groups -OCH3 is 1. The number of aromatic nitrogens is 2. The highest BCUT2D eigenvalue weighted by molar-refractivity contribution is 5.93. The Morgan fingerprint density at radius 2 is 2.00 bits per heavy atom. The van der Waals surface area contributed by atoms with E-state index in [1.54, 1.807) is 6.07 Å². The van der Waals surface area contributed by atoms with E-state index in [1.165, 1.54) is 7.11 Å². The van der Waals surface area contributed by atoms with Crippen LogP contribution in [0.4, 0.5) is 5.82 Å². The third-order valence-corrected chi connectivity index (χ3v) is 3.84. The van der Waals surface area contributed by atoms with E-state index in [0.717, 1.165) is 31.7 Å². The zero-order chi connectivity index (χ0) is 16.8. The number of carbonyl (C=O) groups is 1. The van der Waals surface area contributed by atoms with Gasteiger partial charge in [0.2, 0.25) is 0 Å². The van der Waals surface area contributed by atoms with Crippen LogP contribution in [0.5, 0.6) is 6.01 Å². The van der Waals surface area contributed by atoms with Gasteiger partial charge < -0.3 is 20.3 Å². The van der Waals surface area contributed by atoms with Gasteiger partial charge in [-0.2, -0.15) is 9.97 Å². The first kappa shape index (κ1) is 16.2. The fourth-order valence-electron chi connectivity index (χ4n) is 2.55. The number of carbonyl (C=O) groups excluding carboxylic acids is 1. The summed E-state index contributed by atoms with van der Waals surface area (Å²) in [7, 11) is 1.50. The van der Waals surface area contributed by atoms with Crippen molar-refractivity contribution in [2.24, 2.45) is 0 Å². The van der Waals surface area contributed by atoms with Crippen LogP contribution < -0.4 is 20.3 Å². The van der Waals surface area contributed by atoms with Gasteiger partial charge in [0.15, 0.2) is 0 Å². The second-order valence-corrected chi connectivity index (χ2v) is 5.50. The molecule has 0 radical (unpaired) electrons. The molecule has 3 rings (SSSR count). The van der Waals surface area contributed by atoms with Crippen LogP contribution in [0, 0.1) is 0 Å². The number of hydrogen-bond acceptors (Lipinski definition) is 6. The molecule has 0 saturated carbocycles. The smallest absolute Gasteiger partial charge is 0.318 e. The zero-order valence-electron chi connectivity index (χ0n) is 13.7. The quantitative estimate of drug-likeness (QED) is 0.847. The number of hydrogen-bond donors (Lipinski definition) is 2. The average Bonchev–Trinajstić information content (AvgIpc) is 2.67. The van der Waals surface area contributed by atoms with Crippen LogP contribution >= 0.6 is 0 Å². The molecule has 2 N–H and O–H groups in total. The molecule has 1 fully saturated rings. The Bertz CT molecular complexity index is 687. The van der Waals surface area contributed by atoms with Gasteiger partial charge in [0.05, 0.1) is 7.11 Å². The number of ether oxygens (including phenoxy) is 1. The minimum absolute atomic E-state index is 0.205. The van der Waals surface area contributed by atoms with Crippen LogP contribution in [-0.2, 0) is 6.54 Å². The zero-order valence-corrected chi connectivity index (χ0v) is 13.7. The van der Waals surface area contributed by atoms with Crippen molar-refractivity contribution in [2.45, 2.75) is 6.54 Å². The van der Waals surface area contributed by atoms with E-state index in [9.17, 15) is 4.79 Å². The maximum Gasteiger partial charge on any atom is 0.318 e. The maximum atomic E-state index is 12.4. The molecular formula is C17H21N5O2. The van der Waals surface area contributed by atoms with E-state index < -0.39 is 0 Å². The summed E-state index contributed by atoms with van der Waals surface area (Å²) in [5.74, 6) is 0.476. The molecule has 1 aliphatic heterocycles. The highest BCUT2D eigenvalue weighted by Crippen LogP contribution is 2.17. The molecule has 24 heavy (non-hydrogen) atoms. The highest BCUT2D eigenvalue weighted by atomic mass is 16.5. The summed E-state index contributed by atoms with van der Waals surface area (Å²) < 4.78 is 5.15. The molecule has 1 amide bonds. The van der Waals surface area contributed by atoms with Crippen molar-refractivity contribution in [3.63, 3.8) is 0 Å². The lowest BCUT2D eigenvalue weighted by atomic mass is 10.2. The highest BCUT2D eigenvalue weighted by Gasteiger charge is 2.17. The van der Waals surface area contributed by atoms with Gasteiger partial charge in [-0.1, -0.05) is 30.3 Å². The first-order chi connectivity index (χ1) is 11.8. The molecule has 7 heteroatoms. The van der Waals surface area contributed by atoms with Crippen molar-refractivity contribution in [1.29, 1.82) is 0 Å². The molecular weight excluding hydrogens is 306 g/mol. The van der Waals surface area contributed by atoms with Crippen molar-refractivity contribution >= 4 is 11.7 Å². The molecule has 0 aliphatic carbocycles. The van der Waals surface area contributed by atoms with E-state index >= 15 is 0 Å². The lowest BCUT2D eigenvalue weighted by Crippen LogP contribution is -2.44. The fraction of sp³-hybridized carbons (Fsp3) is 0.353. The van der Waals surface area contributed by atoms with Gasteiger partial charge in [-0.25, -0.2) is 0 Å². The normalized spacial score (nSPS) is 14.3. The second-order valence-electron chi connectivity index (χ2n) is 5.50. The molecule has 1 aromatic carbocycles. The van der Waals surface area contributed by atoms with E-state index in [4.69, 9.17) is 4.74 Å². The summed E-state index contributed by atoms with van der Waals surface area (Å²) >= 11 is 0. The van der Waals surface area contributed by atoms with Gasteiger partial charge in [0, 0.05) is 38.8 Å². The predicted molar refractivity (Wildman–Crippen MR) is 91.3 cm³/mol. The molecule has 0 spiro atoms. The molecule has 2 aromatic rings. The molecule has 0 unspecified atom stereocenters. The fourth-order valence-corrected chi connectivity index (χ4v) is 2.55. The Balaban J connectivity index is 1.74. The standard InChI is InChI=1S/C17H21N5O2/c1-24-17-20-14(11-15(21-17)22-9-7-18-8-10-22)16(23)19-12-13-5-3-2-4-6-13/h2-6,11,18H,7-10,12H2,1H3,(H,19,23). The molecule has 2 heterocycles. The van der Waals surface area contributed by atoms with E-state index in [0.29, 0.717) is 18.1 Å². The van der Waals surface area contributed by atoms with Gasteiger partial charge in [0.1, 0.15) is 11.5 Å². The summed E-state index contributed by atoms with van der Waals surface area (Å²) in [6, 6.07) is 11.7. The van der Waals surface area contributed by atoms with Gasteiger partial charge in [-0.15, -0.1) is 0 Å². The van der Waals surface area contributed by atoms with Crippen LogP contribution in [0.2, 0.25) is 0 Å². The van der Waals surface area contributed by atoms with E-state index in [1.807, 2.05) is 30.3 Å². The SMILES string of the molecule is COc1nc(C(=O)NCc2ccccc2)cc(N2CCNCC2)n1. The summed E-state index contributed by atoms with van der Waals surface area (Å²) in [6.45, 7) is 3.91. The molecule has 1 saturated heterocycles. The van der Waals surface area contributed by atoms with Crippen molar-refractivity contribution in [2.75, 3.05) is 38.2 Å². The summed E-state index contributed by atoms with van der Waals surface area (Å²) in [6.07, 6.45) is 0. The van der Waals surface area contributed by atoms with Crippen LogP contribution in [0.3, 0.4) is 0 Å². The summed E-state index contributed by atoms with van der Waals surface area (Å²) in [5.41, 5.74) is 1.35. The monoisotopic (exact) mass is 327 g/mol. The minimum atomic E-state index is -0.240. The van der Waals surface area contributed by atoms with Crippen LogP contribution in [0.1, 0.15) is 16.1 Å². The van der Waals surface area contributed by atoms with Crippen molar-refractivity contribution in [3.8, 4) is 6.01 Å². The average molecular weight is 327 g/mol. The van der Waals surface area contributed by atoms with Crippen molar-refractivity contribution < 1.29 is 9.53 Å². The maximum absolute atomic E-state index is 12.4. The molecule has 1 aliphatic rings. The number of amides is 1. The minimum Gasteiger partial charge on any atom is -0.467 e. The van der Waals surface area contributed by atoms with Gasteiger partial charge in [-0.05, 0) is 5.56 Å². The van der Waals surface area contributed by atoms with Gasteiger partial charge >= 0.3 is 6.01 Å². The number of anilines is 1. The predicted octanol–water partition coefficient (Wildman–Crippen LogP) is 0.825. The van der Waals surface area contributed by atoms with Gasteiger partial charge in [0.25, 0.3) is 5.91 Å². The number of piperazine rings is 1. The van der Waals surface area contributed by atoms with Crippen LogP contribution in [0.25, 0.3) is 0 Å². The molecule has 7 nitrogen and oxygen atoms in total.